The zero-order valence-corrected chi connectivity index (χ0v) is 19.9. The summed E-state index contributed by atoms with van der Waals surface area (Å²) in [5.74, 6) is 0.408. The van der Waals surface area contributed by atoms with Gasteiger partial charge in [-0.15, -0.1) is 0 Å². The summed E-state index contributed by atoms with van der Waals surface area (Å²) in [7, 11) is -3.64. The molecule has 0 aliphatic heterocycles. The SMILES string of the molecule is CCOc1ccc(C(=O)Nc2nc3ccc(S(=O)(=O)N(C(C)C)C(C)C)cc3s2)cc1. The number of nitrogens with zero attached hydrogens (tertiary/aromatic N) is 2. The lowest BCUT2D eigenvalue weighted by atomic mass is 10.2. The Kier molecular flexibility index (Phi) is 6.98. The first-order valence-corrected chi connectivity index (χ1v) is 12.4. The molecule has 31 heavy (non-hydrogen) atoms. The molecular weight excluding hydrogens is 434 g/mol. The van der Waals surface area contributed by atoms with Gasteiger partial charge in [-0.3, -0.25) is 10.1 Å². The second-order valence-corrected chi connectivity index (χ2v) is 10.5. The highest BCUT2D eigenvalue weighted by molar-refractivity contribution is 7.89. The number of hydrogen-bond acceptors (Lipinski definition) is 6. The minimum absolute atomic E-state index is 0.161. The van der Waals surface area contributed by atoms with E-state index in [1.165, 1.54) is 15.6 Å². The van der Waals surface area contributed by atoms with Gasteiger partial charge in [-0.1, -0.05) is 11.3 Å². The fourth-order valence-corrected chi connectivity index (χ4v) is 6.27. The third kappa shape index (κ3) is 5.06. The molecule has 3 aromatic rings. The molecule has 3 rings (SSSR count). The number of anilines is 1. The van der Waals surface area contributed by atoms with E-state index in [4.69, 9.17) is 4.74 Å². The van der Waals surface area contributed by atoms with Gasteiger partial charge in [0.1, 0.15) is 5.75 Å². The molecule has 1 aromatic heterocycles. The molecule has 2 aromatic carbocycles. The van der Waals surface area contributed by atoms with Crippen LogP contribution in [0.1, 0.15) is 45.0 Å². The van der Waals surface area contributed by atoms with Gasteiger partial charge in [0.05, 0.1) is 21.7 Å². The van der Waals surface area contributed by atoms with Crippen LogP contribution >= 0.6 is 11.3 Å². The number of benzene rings is 2. The van der Waals surface area contributed by atoms with Crippen LogP contribution in [0.4, 0.5) is 5.13 Å². The molecule has 0 unspecified atom stereocenters. The Morgan fingerprint density at radius 3 is 2.32 bits per heavy atom. The van der Waals surface area contributed by atoms with Crippen molar-refractivity contribution in [1.82, 2.24) is 9.29 Å². The Morgan fingerprint density at radius 1 is 1.10 bits per heavy atom. The van der Waals surface area contributed by atoms with Crippen LogP contribution in [0.15, 0.2) is 47.4 Å². The van der Waals surface area contributed by atoms with Gasteiger partial charge in [0.25, 0.3) is 5.91 Å². The summed E-state index contributed by atoms with van der Waals surface area (Å²) >= 11 is 1.24. The lowest BCUT2D eigenvalue weighted by Crippen LogP contribution is -2.41. The van der Waals surface area contributed by atoms with E-state index in [1.54, 1.807) is 42.5 Å². The van der Waals surface area contributed by atoms with Crippen LogP contribution in [0, 0.1) is 0 Å². The fraction of sp³-hybridized carbons (Fsp3) is 0.364. The maximum absolute atomic E-state index is 13.1. The third-order valence-electron chi connectivity index (χ3n) is 4.60. The molecule has 7 nitrogen and oxygen atoms in total. The van der Waals surface area contributed by atoms with Gasteiger partial charge >= 0.3 is 0 Å². The first-order chi connectivity index (χ1) is 14.6. The smallest absolute Gasteiger partial charge is 0.257 e. The maximum Gasteiger partial charge on any atom is 0.257 e. The van der Waals surface area contributed by atoms with Gasteiger partial charge < -0.3 is 4.74 Å². The van der Waals surface area contributed by atoms with Gasteiger partial charge in [0.2, 0.25) is 10.0 Å². The lowest BCUT2D eigenvalue weighted by molar-refractivity contribution is 0.102. The highest BCUT2D eigenvalue weighted by atomic mass is 32.2. The van der Waals surface area contributed by atoms with Crippen molar-refractivity contribution in [2.24, 2.45) is 0 Å². The molecule has 1 heterocycles. The number of sulfonamides is 1. The number of rotatable bonds is 8. The number of nitrogens with one attached hydrogen (secondary N) is 1. The summed E-state index contributed by atoms with van der Waals surface area (Å²) in [4.78, 5) is 17.2. The monoisotopic (exact) mass is 461 g/mol. The molecule has 0 aliphatic carbocycles. The molecule has 0 radical (unpaired) electrons. The van der Waals surface area contributed by atoms with E-state index >= 15 is 0 Å². The Balaban J connectivity index is 1.84. The summed E-state index contributed by atoms with van der Waals surface area (Å²) in [5, 5.41) is 3.19. The lowest BCUT2D eigenvalue weighted by Gasteiger charge is -2.29. The van der Waals surface area contributed by atoms with Crippen LogP contribution in [0.3, 0.4) is 0 Å². The minimum atomic E-state index is -3.64. The van der Waals surface area contributed by atoms with Crippen molar-refractivity contribution in [2.45, 2.75) is 51.6 Å². The van der Waals surface area contributed by atoms with Crippen LogP contribution in [0.25, 0.3) is 10.2 Å². The van der Waals surface area contributed by atoms with Crippen molar-refractivity contribution < 1.29 is 17.9 Å². The van der Waals surface area contributed by atoms with Crippen molar-refractivity contribution in [1.29, 1.82) is 0 Å². The fourth-order valence-electron chi connectivity index (χ4n) is 3.43. The second kappa shape index (κ2) is 9.33. The summed E-state index contributed by atoms with van der Waals surface area (Å²) in [5.41, 5.74) is 1.11. The number of hydrogen-bond donors (Lipinski definition) is 1. The van der Waals surface area contributed by atoms with E-state index in [2.05, 4.69) is 10.3 Å². The molecule has 0 spiro atoms. The van der Waals surface area contributed by atoms with Crippen molar-refractivity contribution in [3.05, 3.63) is 48.0 Å². The average molecular weight is 462 g/mol. The Morgan fingerprint density at radius 2 is 1.74 bits per heavy atom. The molecule has 1 N–H and O–H groups in total. The standard InChI is InChI=1S/C22H27N3O4S2/c1-6-29-17-9-7-16(8-10-17)21(26)24-22-23-19-12-11-18(13-20(19)30-22)31(27,28)25(14(2)3)15(4)5/h7-15H,6H2,1-5H3,(H,23,24,26). The van der Waals surface area contributed by atoms with E-state index in [9.17, 15) is 13.2 Å². The van der Waals surface area contributed by atoms with Crippen molar-refractivity contribution in [3.63, 3.8) is 0 Å². The predicted octanol–water partition coefficient (Wildman–Crippen LogP) is 4.75. The van der Waals surface area contributed by atoms with Crippen molar-refractivity contribution in [2.75, 3.05) is 11.9 Å². The van der Waals surface area contributed by atoms with E-state index in [1.807, 2.05) is 34.6 Å². The number of fused-ring (bicyclic) bond motifs is 1. The summed E-state index contributed by atoms with van der Waals surface area (Å²) in [6, 6.07) is 11.4. The van der Waals surface area contributed by atoms with Gasteiger partial charge in [0.15, 0.2) is 5.13 Å². The number of amides is 1. The summed E-state index contributed by atoms with van der Waals surface area (Å²) in [6.45, 7) is 9.89. The van der Waals surface area contributed by atoms with Gasteiger partial charge in [-0.25, -0.2) is 13.4 Å². The summed E-state index contributed by atoms with van der Waals surface area (Å²) < 4.78 is 33.8. The van der Waals surface area contributed by atoms with Gasteiger partial charge in [-0.05, 0) is 77.1 Å². The molecule has 0 saturated heterocycles. The second-order valence-electron chi connectivity index (χ2n) is 7.58. The molecule has 1 amide bonds. The highest BCUT2D eigenvalue weighted by Crippen LogP contribution is 2.30. The Hall–Kier alpha value is -2.49. The third-order valence-corrected chi connectivity index (χ3v) is 7.78. The maximum atomic E-state index is 13.1. The zero-order valence-electron chi connectivity index (χ0n) is 18.2. The van der Waals surface area contributed by atoms with Crippen LogP contribution in [0.2, 0.25) is 0 Å². The number of carbonyl (C=O) groups excluding carboxylic acids is 1. The van der Waals surface area contributed by atoms with E-state index in [0.29, 0.717) is 33.3 Å². The Labute approximate surface area is 187 Å². The number of thiazole rings is 1. The minimum Gasteiger partial charge on any atom is -0.494 e. The number of ether oxygens (including phenoxy) is 1. The van der Waals surface area contributed by atoms with Gasteiger partial charge in [0, 0.05) is 17.6 Å². The first kappa shape index (κ1) is 23.2. The number of aromatic nitrogens is 1. The quantitative estimate of drug-likeness (QED) is 0.523. The molecule has 0 fully saturated rings. The normalized spacial score (nSPS) is 12.1. The molecule has 0 aliphatic rings. The highest BCUT2D eigenvalue weighted by Gasteiger charge is 2.29. The van der Waals surface area contributed by atoms with E-state index in [0.717, 1.165) is 0 Å². The van der Waals surface area contributed by atoms with Crippen LogP contribution in [0.5, 0.6) is 5.75 Å². The average Bonchev–Trinajstić information content (AvgIpc) is 3.09. The van der Waals surface area contributed by atoms with Crippen LogP contribution < -0.4 is 10.1 Å². The molecule has 0 bridgehead atoms. The summed E-state index contributed by atoms with van der Waals surface area (Å²) in [6.07, 6.45) is 0. The Bertz CT molecular complexity index is 1160. The number of carbonyl (C=O) groups is 1. The predicted molar refractivity (Wildman–Crippen MR) is 124 cm³/mol. The van der Waals surface area contributed by atoms with Crippen LogP contribution in [-0.2, 0) is 10.0 Å². The topological polar surface area (TPSA) is 88.6 Å². The van der Waals surface area contributed by atoms with E-state index in [-0.39, 0.29) is 22.9 Å². The van der Waals surface area contributed by atoms with Crippen molar-refractivity contribution in [3.8, 4) is 5.75 Å². The van der Waals surface area contributed by atoms with Gasteiger partial charge in [-0.2, -0.15) is 4.31 Å². The molecule has 166 valence electrons. The first-order valence-electron chi connectivity index (χ1n) is 10.1. The van der Waals surface area contributed by atoms with Crippen LogP contribution in [-0.4, -0.2) is 42.3 Å². The molecule has 9 heteroatoms. The van der Waals surface area contributed by atoms with E-state index < -0.39 is 10.0 Å². The molecular formula is C22H27N3O4S2. The van der Waals surface area contributed by atoms with Crippen molar-refractivity contribution >= 4 is 42.6 Å². The largest absolute Gasteiger partial charge is 0.494 e. The zero-order chi connectivity index (χ0) is 22.8. The molecule has 0 saturated carbocycles. The molecule has 0 atom stereocenters.